The monoisotopic (exact) mass is 244 g/mol. The Labute approximate surface area is 95.1 Å². The van der Waals surface area contributed by atoms with Gasteiger partial charge in [-0.15, -0.1) is 0 Å². The number of carboxylic acid groups (broad SMARTS) is 1. The molecule has 0 unspecified atom stereocenters. The van der Waals surface area contributed by atoms with E-state index in [2.05, 4.69) is 4.98 Å². The van der Waals surface area contributed by atoms with Crippen molar-refractivity contribution in [1.82, 2.24) is 9.38 Å². The third kappa shape index (κ3) is 1.78. The fourth-order valence-electron chi connectivity index (χ4n) is 1.30. The molecule has 15 heavy (non-hydrogen) atoms. The highest BCUT2D eigenvalue weighted by molar-refractivity contribution is 6.43. The van der Waals surface area contributed by atoms with Gasteiger partial charge in [0.15, 0.2) is 10.5 Å². The van der Waals surface area contributed by atoms with E-state index >= 15 is 0 Å². The topological polar surface area (TPSA) is 54.6 Å². The fraction of sp³-hybridized carbons (Fsp3) is 0.111. The van der Waals surface area contributed by atoms with Crippen molar-refractivity contribution in [3.63, 3.8) is 0 Å². The molecule has 0 saturated heterocycles. The van der Waals surface area contributed by atoms with Crippen LogP contribution in [0, 0.1) is 0 Å². The van der Waals surface area contributed by atoms with Gasteiger partial charge >= 0.3 is 5.97 Å². The molecule has 0 aliphatic heterocycles. The summed E-state index contributed by atoms with van der Waals surface area (Å²) in [5.41, 5.74) is 0.899. The minimum absolute atomic E-state index is 0.123. The SMILES string of the molecule is O=C(O)c1cccn2cc(C(Cl)Cl)nc12. The first-order valence-corrected chi connectivity index (χ1v) is 4.96. The highest BCUT2D eigenvalue weighted by Crippen LogP contribution is 2.24. The molecule has 2 heterocycles. The third-order valence-electron chi connectivity index (χ3n) is 1.96. The van der Waals surface area contributed by atoms with Crippen molar-refractivity contribution in [2.45, 2.75) is 4.84 Å². The molecule has 0 atom stereocenters. The Balaban J connectivity index is 2.70. The van der Waals surface area contributed by atoms with Crippen molar-refractivity contribution >= 4 is 34.8 Å². The van der Waals surface area contributed by atoms with Crippen molar-refractivity contribution in [1.29, 1.82) is 0 Å². The van der Waals surface area contributed by atoms with Crippen LogP contribution in [0.4, 0.5) is 0 Å². The van der Waals surface area contributed by atoms with Crippen molar-refractivity contribution in [2.75, 3.05) is 0 Å². The van der Waals surface area contributed by atoms with E-state index in [-0.39, 0.29) is 5.56 Å². The van der Waals surface area contributed by atoms with Crippen LogP contribution in [0.2, 0.25) is 0 Å². The van der Waals surface area contributed by atoms with Crippen molar-refractivity contribution in [3.8, 4) is 0 Å². The highest BCUT2D eigenvalue weighted by atomic mass is 35.5. The summed E-state index contributed by atoms with van der Waals surface area (Å²) in [5, 5.41) is 8.91. The van der Waals surface area contributed by atoms with Gasteiger partial charge in [-0.2, -0.15) is 0 Å². The third-order valence-corrected chi connectivity index (χ3v) is 2.40. The van der Waals surface area contributed by atoms with Gasteiger partial charge in [0.25, 0.3) is 0 Å². The van der Waals surface area contributed by atoms with Gasteiger partial charge in [0.2, 0.25) is 0 Å². The second-order valence-corrected chi connectivity index (χ2v) is 4.02. The first kappa shape index (κ1) is 10.3. The molecular formula is C9H6Cl2N2O2. The van der Waals surface area contributed by atoms with Gasteiger partial charge < -0.3 is 9.51 Å². The number of aromatic carboxylic acids is 1. The van der Waals surface area contributed by atoms with Crippen molar-refractivity contribution in [3.05, 3.63) is 35.8 Å². The number of rotatable bonds is 2. The number of fused-ring (bicyclic) bond motifs is 1. The molecular weight excluding hydrogens is 239 g/mol. The Morgan fingerprint density at radius 2 is 2.27 bits per heavy atom. The molecule has 2 aromatic rings. The zero-order valence-corrected chi connectivity index (χ0v) is 8.90. The molecule has 0 saturated carbocycles. The summed E-state index contributed by atoms with van der Waals surface area (Å²) in [5.74, 6) is -1.03. The molecule has 0 fully saturated rings. The summed E-state index contributed by atoms with van der Waals surface area (Å²) >= 11 is 11.3. The van der Waals surface area contributed by atoms with Crippen LogP contribution in [0.5, 0.6) is 0 Å². The number of hydrogen-bond donors (Lipinski definition) is 1. The molecule has 0 aromatic carbocycles. The number of halogens is 2. The number of carboxylic acids is 1. The summed E-state index contributed by atoms with van der Waals surface area (Å²) in [7, 11) is 0. The Bertz CT molecular complexity index is 522. The number of pyridine rings is 1. The molecule has 78 valence electrons. The Kier molecular flexibility index (Phi) is 2.54. The average Bonchev–Trinajstić information content (AvgIpc) is 2.60. The van der Waals surface area contributed by atoms with Crippen LogP contribution in [0.1, 0.15) is 20.9 Å². The second-order valence-electron chi connectivity index (χ2n) is 2.92. The van der Waals surface area contributed by atoms with E-state index in [1.807, 2.05) is 0 Å². The quantitative estimate of drug-likeness (QED) is 0.827. The first-order valence-electron chi connectivity index (χ1n) is 4.08. The average molecular weight is 245 g/mol. The van der Waals surface area contributed by atoms with Crippen LogP contribution in [-0.2, 0) is 0 Å². The summed E-state index contributed by atoms with van der Waals surface area (Å²) in [4.78, 5) is 14.2. The van der Waals surface area contributed by atoms with Crippen LogP contribution in [0.25, 0.3) is 5.65 Å². The van der Waals surface area contributed by atoms with E-state index in [0.29, 0.717) is 11.3 Å². The number of alkyl halides is 2. The van der Waals surface area contributed by atoms with Crippen molar-refractivity contribution < 1.29 is 9.90 Å². The Morgan fingerprint density at radius 3 is 2.87 bits per heavy atom. The van der Waals surface area contributed by atoms with Gasteiger partial charge in [0.1, 0.15) is 5.56 Å². The van der Waals surface area contributed by atoms with E-state index < -0.39 is 10.8 Å². The van der Waals surface area contributed by atoms with Crippen LogP contribution in [0.3, 0.4) is 0 Å². The molecule has 0 radical (unpaired) electrons. The molecule has 1 N–H and O–H groups in total. The molecule has 0 aliphatic carbocycles. The molecule has 0 amide bonds. The summed E-state index contributed by atoms with van der Waals surface area (Å²) in [6.07, 6.45) is 3.29. The fourth-order valence-corrected chi connectivity index (χ4v) is 1.51. The van der Waals surface area contributed by atoms with E-state index in [9.17, 15) is 4.79 Å². The summed E-state index contributed by atoms with van der Waals surface area (Å²) < 4.78 is 1.58. The number of carbonyl (C=O) groups is 1. The zero-order chi connectivity index (χ0) is 11.0. The predicted octanol–water partition coefficient (Wildman–Crippen LogP) is 2.51. The maximum atomic E-state index is 10.9. The molecule has 0 aliphatic rings. The highest BCUT2D eigenvalue weighted by Gasteiger charge is 2.14. The van der Waals surface area contributed by atoms with Gasteiger partial charge in [-0.3, -0.25) is 0 Å². The largest absolute Gasteiger partial charge is 0.478 e. The second kappa shape index (κ2) is 3.72. The summed E-state index contributed by atoms with van der Waals surface area (Å²) in [6.45, 7) is 0. The predicted molar refractivity (Wildman–Crippen MR) is 56.6 cm³/mol. The van der Waals surface area contributed by atoms with Crippen LogP contribution in [-0.4, -0.2) is 20.5 Å². The van der Waals surface area contributed by atoms with Crippen LogP contribution < -0.4 is 0 Å². The lowest BCUT2D eigenvalue weighted by atomic mass is 10.3. The van der Waals surface area contributed by atoms with E-state index in [0.717, 1.165) is 0 Å². The van der Waals surface area contributed by atoms with Crippen LogP contribution in [0.15, 0.2) is 24.5 Å². The lowest BCUT2D eigenvalue weighted by Gasteiger charge is -1.96. The summed E-state index contributed by atoms with van der Waals surface area (Å²) in [6, 6.07) is 3.10. The molecule has 6 heteroatoms. The standard InChI is InChI=1S/C9H6Cl2N2O2/c10-7(11)6-4-13-3-1-2-5(9(14)15)8(13)12-6/h1-4,7H,(H,14,15). The molecule has 4 nitrogen and oxygen atoms in total. The smallest absolute Gasteiger partial charge is 0.339 e. The minimum Gasteiger partial charge on any atom is -0.478 e. The van der Waals surface area contributed by atoms with Gasteiger partial charge in [-0.1, -0.05) is 23.2 Å². The Morgan fingerprint density at radius 1 is 1.53 bits per heavy atom. The molecule has 0 spiro atoms. The number of hydrogen-bond acceptors (Lipinski definition) is 2. The minimum atomic E-state index is -1.03. The molecule has 0 bridgehead atoms. The van der Waals surface area contributed by atoms with Crippen LogP contribution >= 0.6 is 23.2 Å². The lowest BCUT2D eigenvalue weighted by molar-refractivity contribution is 0.0698. The number of aromatic nitrogens is 2. The van der Waals surface area contributed by atoms with E-state index in [4.69, 9.17) is 28.3 Å². The number of nitrogens with zero attached hydrogens (tertiary/aromatic N) is 2. The molecule has 2 rings (SSSR count). The van der Waals surface area contributed by atoms with Gasteiger partial charge in [0.05, 0.1) is 5.69 Å². The normalized spacial score (nSPS) is 11.1. The van der Waals surface area contributed by atoms with E-state index in [1.54, 1.807) is 22.9 Å². The zero-order valence-electron chi connectivity index (χ0n) is 7.39. The number of imidazole rings is 1. The molecule has 2 aromatic heterocycles. The van der Waals surface area contributed by atoms with Gasteiger partial charge in [0, 0.05) is 12.4 Å². The van der Waals surface area contributed by atoms with Gasteiger partial charge in [-0.25, -0.2) is 9.78 Å². The maximum Gasteiger partial charge on any atom is 0.339 e. The lowest BCUT2D eigenvalue weighted by Crippen LogP contribution is -1.99. The Hall–Kier alpha value is -1.26. The van der Waals surface area contributed by atoms with E-state index in [1.165, 1.54) is 6.07 Å². The van der Waals surface area contributed by atoms with Crippen molar-refractivity contribution in [2.24, 2.45) is 0 Å². The first-order chi connectivity index (χ1) is 7.09. The maximum absolute atomic E-state index is 10.9. The van der Waals surface area contributed by atoms with Gasteiger partial charge in [-0.05, 0) is 12.1 Å².